The maximum absolute atomic E-state index is 10.6. The fraction of sp³-hybridized carbons (Fsp3) is 0.400. The van der Waals surface area contributed by atoms with E-state index in [-0.39, 0.29) is 6.54 Å². The van der Waals surface area contributed by atoms with Gasteiger partial charge in [-0.25, -0.2) is 18.1 Å². The van der Waals surface area contributed by atoms with Crippen molar-refractivity contribution in [2.24, 2.45) is 0 Å². The van der Waals surface area contributed by atoms with E-state index in [4.69, 9.17) is 0 Å². The van der Waals surface area contributed by atoms with E-state index in [1.54, 1.807) is 6.20 Å². The molecular weight excluding hydrogens is 166 g/mol. The van der Waals surface area contributed by atoms with Crippen molar-refractivity contribution >= 4 is 10.0 Å². The zero-order valence-corrected chi connectivity index (χ0v) is 6.85. The van der Waals surface area contributed by atoms with Crippen molar-refractivity contribution in [3.05, 3.63) is 18.2 Å². The molecule has 0 aliphatic carbocycles. The van der Waals surface area contributed by atoms with Crippen molar-refractivity contribution in [1.82, 2.24) is 14.7 Å². The number of H-pyrrole nitrogens is 1. The van der Waals surface area contributed by atoms with Crippen LogP contribution in [0.5, 0.6) is 0 Å². The summed E-state index contributed by atoms with van der Waals surface area (Å²) in [6.45, 7) is 0.263. The first-order chi connectivity index (χ1) is 5.08. The minimum absolute atomic E-state index is 0.263. The van der Waals surface area contributed by atoms with Gasteiger partial charge in [0.05, 0.1) is 19.1 Å². The van der Waals surface area contributed by atoms with Gasteiger partial charge in [-0.2, -0.15) is 0 Å². The molecule has 0 radical (unpaired) electrons. The van der Waals surface area contributed by atoms with Gasteiger partial charge in [0.2, 0.25) is 10.0 Å². The third kappa shape index (κ3) is 3.15. The van der Waals surface area contributed by atoms with Crippen LogP contribution in [0.4, 0.5) is 0 Å². The molecule has 1 rings (SSSR count). The molecule has 1 heterocycles. The van der Waals surface area contributed by atoms with Crippen molar-refractivity contribution in [2.45, 2.75) is 6.54 Å². The quantitative estimate of drug-likeness (QED) is 0.647. The van der Waals surface area contributed by atoms with Gasteiger partial charge < -0.3 is 4.98 Å². The number of aromatic amines is 1. The summed E-state index contributed by atoms with van der Waals surface area (Å²) < 4.78 is 23.5. The summed E-state index contributed by atoms with van der Waals surface area (Å²) in [5, 5.41) is 0. The molecule has 0 atom stereocenters. The number of hydrogen-bond donors (Lipinski definition) is 2. The first kappa shape index (κ1) is 8.22. The van der Waals surface area contributed by atoms with Crippen LogP contribution in [0.15, 0.2) is 12.5 Å². The number of nitrogens with zero attached hydrogens (tertiary/aromatic N) is 1. The fourth-order valence-corrected chi connectivity index (χ4v) is 1.01. The summed E-state index contributed by atoms with van der Waals surface area (Å²) in [4.78, 5) is 6.50. The second-order valence-electron chi connectivity index (χ2n) is 2.17. The predicted octanol–water partition coefficient (Wildman–Crippen LogP) is -0.541. The Labute approximate surface area is 64.9 Å². The van der Waals surface area contributed by atoms with Gasteiger partial charge in [-0.1, -0.05) is 0 Å². The molecule has 6 heteroatoms. The van der Waals surface area contributed by atoms with Crippen LogP contribution in [0, 0.1) is 0 Å². The van der Waals surface area contributed by atoms with Crippen molar-refractivity contribution in [2.75, 3.05) is 6.26 Å². The molecule has 5 nitrogen and oxygen atoms in total. The second-order valence-corrected chi connectivity index (χ2v) is 4.00. The smallest absolute Gasteiger partial charge is 0.209 e. The zero-order valence-electron chi connectivity index (χ0n) is 6.03. The third-order valence-electron chi connectivity index (χ3n) is 1.08. The Kier molecular flexibility index (Phi) is 2.25. The molecular formula is C5H9N3O2S. The standard InChI is InChI=1S/C5H9N3O2S/c1-11(9,10)8-3-5-2-6-4-7-5/h2,4,8H,3H2,1H3,(H,6,7). The van der Waals surface area contributed by atoms with Gasteiger partial charge in [-0.15, -0.1) is 0 Å². The molecule has 0 aliphatic rings. The average molecular weight is 175 g/mol. The normalized spacial score (nSPS) is 11.7. The lowest BCUT2D eigenvalue weighted by Crippen LogP contribution is -2.21. The molecule has 0 aliphatic heterocycles. The highest BCUT2D eigenvalue weighted by Crippen LogP contribution is 1.89. The molecule has 0 saturated carbocycles. The van der Waals surface area contributed by atoms with Crippen LogP contribution in [0.3, 0.4) is 0 Å². The van der Waals surface area contributed by atoms with Crippen LogP contribution in [-0.4, -0.2) is 24.6 Å². The Morgan fingerprint density at radius 2 is 2.45 bits per heavy atom. The summed E-state index contributed by atoms with van der Waals surface area (Å²) in [5.74, 6) is 0. The van der Waals surface area contributed by atoms with E-state index in [0.29, 0.717) is 0 Å². The van der Waals surface area contributed by atoms with E-state index in [1.165, 1.54) is 6.33 Å². The van der Waals surface area contributed by atoms with E-state index in [0.717, 1.165) is 11.9 Å². The molecule has 0 unspecified atom stereocenters. The molecule has 0 spiro atoms. The monoisotopic (exact) mass is 175 g/mol. The predicted molar refractivity (Wildman–Crippen MR) is 40.3 cm³/mol. The minimum Gasteiger partial charge on any atom is -0.347 e. The zero-order chi connectivity index (χ0) is 8.32. The molecule has 1 aromatic rings. The number of sulfonamides is 1. The van der Waals surface area contributed by atoms with Gasteiger partial charge in [0, 0.05) is 11.9 Å². The number of nitrogens with one attached hydrogen (secondary N) is 2. The van der Waals surface area contributed by atoms with E-state index >= 15 is 0 Å². The molecule has 62 valence electrons. The highest BCUT2D eigenvalue weighted by atomic mass is 32.2. The van der Waals surface area contributed by atoms with Crippen LogP contribution in [0.25, 0.3) is 0 Å². The van der Waals surface area contributed by atoms with Crippen molar-refractivity contribution < 1.29 is 8.42 Å². The minimum atomic E-state index is -3.10. The van der Waals surface area contributed by atoms with Gasteiger partial charge in [-0.05, 0) is 0 Å². The van der Waals surface area contributed by atoms with E-state index in [2.05, 4.69) is 14.7 Å². The Balaban J connectivity index is 2.48. The highest BCUT2D eigenvalue weighted by Gasteiger charge is 2.00. The Hall–Kier alpha value is -0.880. The molecule has 1 aromatic heterocycles. The first-order valence-corrected chi connectivity index (χ1v) is 4.89. The molecule has 0 saturated heterocycles. The van der Waals surface area contributed by atoms with E-state index < -0.39 is 10.0 Å². The van der Waals surface area contributed by atoms with Gasteiger partial charge >= 0.3 is 0 Å². The Morgan fingerprint density at radius 3 is 2.91 bits per heavy atom. The summed E-state index contributed by atoms with van der Waals surface area (Å²) in [5.41, 5.74) is 0.746. The van der Waals surface area contributed by atoms with Crippen LogP contribution in [0.2, 0.25) is 0 Å². The van der Waals surface area contributed by atoms with Crippen LogP contribution in [-0.2, 0) is 16.6 Å². The van der Waals surface area contributed by atoms with Crippen molar-refractivity contribution in [3.8, 4) is 0 Å². The fourth-order valence-electron chi connectivity index (χ4n) is 0.590. The lowest BCUT2D eigenvalue weighted by atomic mass is 10.5. The molecule has 0 amide bonds. The lowest BCUT2D eigenvalue weighted by Gasteiger charge is -1.97. The van der Waals surface area contributed by atoms with E-state index in [9.17, 15) is 8.42 Å². The van der Waals surface area contributed by atoms with Crippen molar-refractivity contribution in [1.29, 1.82) is 0 Å². The largest absolute Gasteiger partial charge is 0.347 e. The van der Waals surface area contributed by atoms with Crippen LogP contribution in [0.1, 0.15) is 5.69 Å². The third-order valence-corrected chi connectivity index (χ3v) is 1.75. The van der Waals surface area contributed by atoms with Crippen LogP contribution < -0.4 is 4.72 Å². The molecule has 2 N–H and O–H groups in total. The molecule has 0 fully saturated rings. The number of aromatic nitrogens is 2. The topological polar surface area (TPSA) is 74.8 Å². The second kappa shape index (κ2) is 3.02. The molecule has 0 bridgehead atoms. The number of hydrogen-bond acceptors (Lipinski definition) is 3. The number of rotatable bonds is 3. The lowest BCUT2D eigenvalue weighted by molar-refractivity contribution is 0.587. The number of imidazole rings is 1. The summed E-state index contributed by atoms with van der Waals surface area (Å²) >= 11 is 0. The summed E-state index contributed by atoms with van der Waals surface area (Å²) in [6.07, 6.45) is 4.18. The molecule has 11 heavy (non-hydrogen) atoms. The van der Waals surface area contributed by atoms with Crippen LogP contribution >= 0.6 is 0 Å². The van der Waals surface area contributed by atoms with Gasteiger partial charge in [0.1, 0.15) is 0 Å². The molecule has 0 aromatic carbocycles. The van der Waals surface area contributed by atoms with Gasteiger partial charge in [0.15, 0.2) is 0 Å². The Morgan fingerprint density at radius 1 is 1.73 bits per heavy atom. The summed E-state index contributed by atoms with van der Waals surface area (Å²) in [6, 6.07) is 0. The first-order valence-electron chi connectivity index (χ1n) is 3.00. The van der Waals surface area contributed by atoms with Crippen molar-refractivity contribution in [3.63, 3.8) is 0 Å². The van der Waals surface area contributed by atoms with Gasteiger partial charge in [0.25, 0.3) is 0 Å². The average Bonchev–Trinajstić information content (AvgIpc) is 2.32. The maximum atomic E-state index is 10.6. The van der Waals surface area contributed by atoms with E-state index in [1.807, 2.05) is 0 Å². The SMILES string of the molecule is CS(=O)(=O)NCc1cnc[nH]1. The van der Waals surface area contributed by atoms with Gasteiger partial charge in [-0.3, -0.25) is 0 Å². The summed E-state index contributed by atoms with van der Waals surface area (Å²) in [7, 11) is -3.10. The Bertz CT molecular complexity index is 302. The maximum Gasteiger partial charge on any atom is 0.209 e. The highest BCUT2D eigenvalue weighted by molar-refractivity contribution is 7.88.